The van der Waals surface area contributed by atoms with Crippen molar-refractivity contribution in [2.45, 2.75) is 44.8 Å². The maximum absolute atomic E-state index is 13.2. The van der Waals surface area contributed by atoms with Crippen molar-refractivity contribution in [3.63, 3.8) is 0 Å². The molecule has 182 valence electrons. The number of benzene rings is 2. The fraction of sp³-hybridized carbons (Fsp3) is 0.346. The summed E-state index contributed by atoms with van der Waals surface area (Å²) < 4.78 is 16.4. The Bertz CT molecular complexity index is 1190. The predicted octanol–water partition coefficient (Wildman–Crippen LogP) is 4.06. The predicted molar refractivity (Wildman–Crippen MR) is 129 cm³/mol. The van der Waals surface area contributed by atoms with Crippen molar-refractivity contribution in [3.05, 3.63) is 72.4 Å². The first-order valence-corrected chi connectivity index (χ1v) is 11.9. The first-order valence-electron chi connectivity index (χ1n) is 11.9. The number of carbonyl (C=O) groups is 1. The van der Waals surface area contributed by atoms with Crippen LogP contribution in [-0.4, -0.2) is 45.7 Å². The topological polar surface area (TPSA) is 93.0 Å². The van der Waals surface area contributed by atoms with Gasteiger partial charge in [-0.25, -0.2) is 5.43 Å². The van der Waals surface area contributed by atoms with Crippen LogP contribution in [0.5, 0.6) is 11.5 Å². The van der Waals surface area contributed by atoms with E-state index >= 15 is 0 Å². The zero-order valence-electron chi connectivity index (χ0n) is 19.9. The minimum absolute atomic E-state index is 0.0110. The molecule has 2 atom stereocenters. The lowest BCUT2D eigenvalue weighted by atomic mass is 10.0. The highest BCUT2D eigenvalue weighted by Crippen LogP contribution is 2.32. The highest BCUT2D eigenvalue weighted by Gasteiger charge is 2.40. The average Bonchev–Trinajstić information content (AvgIpc) is 3.54. The molecule has 2 aliphatic heterocycles. The Kier molecular flexibility index (Phi) is 6.67. The Morgan fingerprint density at radius 3 is 2.80 bits per heavy atom. The molecular weight excluding hydrogens is 446 g/mol. The zero-order chi connectivity index (χ0) is 24.2. The summed E-state index contributed by atoms with van der Waals surface area (Å²) in [4.78, 5) is 19.3. The van der Waals surface area contributed by atoms with E-state index < -0.39 is 0 Å². The summed E-state index contributed by atoms with van der Waals surface area (Å²) in [6.07, 6.45) is 6.44. The number of rotatable bonds is 9. The molecule has 1 aromatic heterocycles. The quantitative estimate of drug-likeness (QED) is 0.463. The second kappa shape index (κ2) is 10.2. The van der Waals surface area contributed by atoms with Crippen molar-refractivity contribution in [1.29, 1.82) is 0 Å². The van der Waals surface area contributed by atoms with E-state index in [-0.39, 0.29) is 24.5 Å². The number of ether oxygens (including phenoxy) is 2. The standard InChI is InChI=1S/C26H29N5O4/c1-3-4-14-34-20-10-8-18(9-11-20)22-16-23-26(32)30(12-13-31(23)28-22)17-24-27-25(29-35-24)19-6-5-7-21(15-19)33-2/h5-13,15,22-23,28H,3-4,14,16-17H2,1-2H3. The highest BCUT2D eigenvalue weighted by atomic mass is 16.5. The number of fused-ring (bicyclic) bond motifs is 1. The molecule has 2 aliphatic rings. The van der Waals surface area contributed by atoms with E-state index in [0.717, 1.165) is 36.3 Å². The summed E-state index contributed by atoms with van der Waals surface area (Å²) in [5.74, 6) is 2.40. The third-order valence-electron chi connectivity index (χ3n) is 6.23. The van der Waals surface area contributed by atoms with Crippen LogP contribution >= 0.6 is 0 Å². The van der Waals surface area contributed by atoms with Gasteiger partial charge in [0.2, 0.25) is 11.7 Å². The lowest BCUT2D eigenvalue weighted by Crippen LogP contribution is -2.47. The average molecular weight is 476 g/mol. The summed E-state index contributed by atoms with van der Waals surface area (Å²) >= 11 is 0. The van der Waals surface area contributed by atoms with Gasteiger partial charge in [-0.2, -0.15) is 4.98 Å². The lowest BCUT2D eigenvalue weighted by molar-refractivity contribution is -0.135. The zero-order valence-corrected chi connectivity index (χ0v) is 19.9. The van der Waals surface area contributed by atoms with Gasteiger partial charge in [-0.1, -0.05) is 42.8 Å². The van der Waals surface area contributed by atoms with E-state index in [0.29, 0.717) is 23.9 Å². The molecule has 0 bridgehead atoms. The van der Waals surface area contributed by atoms with Crippen LogP contribution in [0.3, 0.4) is 0 Å². The van der Waals surface area contributed by atoms with Crippen LogP contribution in [0.2, 0.25) is 0 Å². The van der Waals surface area contributed by atoms with Gasteiger partial charge >= 0.3 is 0 Å². The number of amides is 1. The summed E-state index contributed by atoms with van der Waals surface area (Å²) in [5, 5.41) is 5.94. The van der Waals surface area contributed by atoms with Crippen molar-refractivity contribution in [1.82, 2.24) is 25.5 Å². The van der Waals surface area contributed by atoms with Gasteiger partial charge in [-0.15, -0.1) is 0 Å². The molecule has 2 aromatic carbocycles. The van der Waals surface area contributed by atoms with Crippen LogP contribution < -0.4 is 14.9 Å². The van der Waals surface area contributed by atoms with Crippen LogP contribution in [0, 0.1) is 0 Å². The first-order chi connectivity index (χ1) is 17.1. The van der Waals surface area contributed by atoms with Gasteiger partial charge in [0, 0.05) is 18.0 Å². The highest BCUT2D eigenvalue weighted by molar-refractivity contribution is 5.84. The molecule has 0 aliphatic carbocycles. The molecule has 5 rings (SSSR count). The Hall–Kier alpha value is -3.85. The fourth-order valence-electron chi connectivity index (χ4n) is 4.26. The smallest absolute Gasteiger partial charge is 0.251 e. The monoisotopic (exact) mass is 475 g/mol. The maximum atomic E-state index is 13.2. The number of hydrogen-bond acceptors (Lipinski definition) is 8. The molecule has 1 amide bonds. The fourth-order valence-corrected chi connectivity index (χ4v) is 4.26. The summed E-state index contributed by atoms with van der Waals surface area (Å²) in [7, 11) is 1.61. The van der Waals surface area contributed by atoms with Crippen LogP contribution in [0.4, 0.5) is 0 Å². The molecule has 0 radical (unpaired) electrons. The van der Waals surface area contributed by atoms with Crippen LogP contribution in [-0.2, 0) is 11.3 Å². The molecule has 2 unspecified atom stereocenters. The second-order valence-corrected chi connectivity index (χ2v) is 8.62. The SMILES string of the molecule is CCCCOc1ccc(C2CC3C(=O)N(Cc4nc(-c5cccc(OC)c5)no4)C=CN3N2)cc1. The number of carbonyl (C=O) groups excluding carboxylic acids is 1. The number of nitrogens with one attached hydrogen (secondary N) is 1. The first kappa shape index (κ1) is 22.9. The largest absolute Gasteiger partial charge is 0.497 e. The molecule has 1 N–H and O–H groups in total. The lowest BCUT2D eigenvalue weighted by Gasteiger charge is -2.30. The number of hydrazine groups is 1. The Morgan fingerprint density at radius 2 is 2.00 bits per heavy atom. The van der Waals surface area contributed by atoms with Crippen molar-refractivity contribution < 1.29 is 18.8 Å². The number of methoxy groups -OCH3 is 1. The van der Waals surface area contributed by atoms with Crippen molar-refractivity contribution in [3.8, 4) is 22.9 Å². The Labute approximate surface area is 204 Å². The Balaban J connectivity index is 1.21. The molecule has 3 aromatic rings. The number of hydrogen-bond donors (Lipinski definition) is 1. The number of unbranched alkanes of at least 4 members (excludes halogenated alkanes) is 1. The van der Waals surface area contributed by atoms with Gasteiger partial charge in [0.15, 0.2) is 0 Å². The minimum Gasteiger partial charge on any atom is -0.497 e. The number of aromatic nitrogens is 2. The maximum Gasteiger partial charge on any atom is 0.251 e. The third-order valence-corrected chi connectivity index (χ3v) is 6.23. The molecular formula is C26H29N5O4. The van der Waals surface area contributed by atoms with E-state index in [4.69, 9.17) is 14.0 Å². The van der Waals surface area contributed by atoms with Crippen LogP contribution in [0.1, 0.15) is 43.7 Å². The summed E-state index contributed by atoms with van der Waals surface area (Å²) in [6.45, 7) is 3.08. The summed E-state index contributed by atoms with van der Waals surface area (Å²) in [6, 6.07) is 15.3. The van der Waals surface area contributed by atoms with E-state index in [1.165, 1.54) is 0 Å². The molecule has 9 heteroatoms. The van der Waals surface area contributed by atoms with Gasteiger partial charge < -0.3 is 23.9 Å². The van der Waals surface area contributed by atoms with Gasteiger partial charge in [0.25, 0.3) is 5.91 Å². The molecule has 1 fully saturated rings. The third kappa shape index (κ3) is 5.00. The van der Waals surface area contributed by atoms with E-state index in [1.807, 2.05) is 47.6 Å². The number of nitrogens with zero attached hydrogens (tertiary/aromatic N) is 4. The van der Waals surface area contributed by atoms with Crippen molar-refractivity contribution in [2.24, 2.45) is 0 Å². The van der Waals surface area contributed by atoms with Crippen LogP contribution in [0.15, 0.2) is 65.5 Å². The molecule has 0 spiro atoms. The van der Waals surface area contributed by atoms with E-state index in [9.17, 15) is 4.79 Å². The Morgan fingerprint density at radius 1 is 1.14 bits per heavy atom. The molecule has 0 saturated carbocycles. The second-order valence-electron chi connectivity index (χ2n) is 8.62. The minimum atomic E-state index is -0.300. The summed E-state index contributed by atoms with van der Waals surface area (Å²) in [5.41, 5.74) is 5.33. The molecule has 35 heavy (non-hydrogen) atoms. The molecule has 3 heterocycles. The van der Waals surface area contributed by atoms with Gasteiger partial charge in [0.05, 0.1) is 19.8 Å². The van der Waals surface area contributed by atoms with Crippen LogP contribution in [0.25, 0.3) is 11.4 Å². The molecule has 9 nitrogen and oxygen atoms in total. The normalized spacial score (nSPS) is 19.2. The molecule has 1 saturated heterocycles. The van der Waals surface area contributed by atoms with Gasteiger partial charge in [-0.05, 0) is 42.7 Å². The van der Waals surface area contributed by atoms with Gasteiger partial charge in [-0.3, -0.25) is 4.79 Å². The van der Waals surface area contributed by atoms with E-state index in [2.05, 4.69) is 34.6 Å². The van der Waals surface area contributed by atoms with Gasteiger partial charge in [0.1, 0.15) is 24.1 Å². The van der Waals surface area contributed by atoms with E-state index in [1.54, 1.807) is 18.2 Å². The van der Waals surface area contributed by atoms with Crippen molar-refractivity contribution in [2.75, 3.05) is 13.7 Å². The van der Waals surface area contributed by atoms with Crippen molar-refractivity contribution >= 4 is 5.91 Å².